The molecule has 0 aliphatic carbocycles. The van der Waals surface area contributed by atoms with Crippen molar-refractivity contribution in [3.8, 4) is 0 Å². The molecule has 1 aliphatic heterocycles. The Morgan fingerprint density at radius 2 is 2.20 bits per heavy atom. The third-order valence-electron chi connectivity index (χ3n) is 4.22. The summed E-state index contributed by atoms with van der Waals surface area (Å²) < 4.78 is 5.82. The summed E-state index contributed by atoms with van der Waals surface area (Å²) in [7, 11) is 0. The van der Waals surface area contributed by atoms with E-state index in [-0.39, 0.29) is 18.2 Å². The molecule has 0 spiro atoms. The molecule has 0 amide bonds. The summed E-state index contributed by atoms with van der Waals surface area (Å²) in [5.74, 6) is 0. The highest BCUT2D eigenvalue weighted by Gasteiger charge is 2.33. The first kappa shape index (κ1) is 15.5. The van der Waals surface area contributed by atoms with E-state index in [9.17, 15) is 0 Å². The van der Waals surface area contributed by atoms with Crippen molar-refractivity contribution in [3.63, 3.8) is 0 Å². The second-order valence-corrected chi connectivity index (χ2v) is 6.12. The van der Waals surface area contributed by atoms with Gasteiger partial charge in [0.15, 0.2) is 0 Å². The van der Waals surface area contributed by atoms with Crippen LogP contribution in [0.2, 0.25) is 0 Å². The van der Waals surface area contributed by atoms with Gasteiger partial charge in [0.1, 0.15) is 0 Å². The van der Waals surface area contributed by atoms with Gasteiger partial charge in [0.05, 0.1) is 18.8 Å². The first-order valence-electron chi connectivity index (χ1n) is 7.72. The summed E-state index contributed by atoms with van der Waals surface area (Å²) in [5, 5.41) is 0. The van der Waals surface area contributed by atoms with Gasteiger partial charge in [-0.3, -0.25) is 4.90 Å². The molecule has 0 bridgehead atoms. The Kier molecular flexibility index (Phi) is 5.19. The first-order valence-corrected chi connectivity index (χ1v) is 7.72. The molecular formula is C17H28N2O. The van der Waals surface area contributed by atoms with Gasteiger partial charge in [-0.2, -0.15) is 0 Å². The van der Waals surface area contributed by atoms with Gasteiger partial charge in [-0.25, -0.2) is 0 Å². The number of ether oxygens (including phenoxy) is 1. The summed E-state index contributed by atoms with van der Waals surface area (Å²) in [6.45, 7) is 10.4. The molecule has 1 heterocycles. The molecule has 1 aliphatic rings. The summed E-state index contributed by atoms with van der Waals surface area (Å²) in [5.41, 5.74) is 8.95. The van der Waals surface area contributed by atoms with Gasteiger partial charge in [0.2, 0.25) is 0 Å². The normalized spacial score (nSPS) is 27.2. The molecule has 1 fully saturated rings. The molecule has 1 aromatic carbocycles. The van der Waals surface area contributed by atoms with Gasteiger partial charge in [0, 0.05) is 18.6 Å². The number of morpholine rings is 1. The standard InChI is InChI=1S/C17H28N2O/c1-5-16-11-20-13(3)10-19(16)17(14(4)18)15-8-6-7-12(2)9-15/h6-9,13-14,16-17H,5,10-11,18H2,1-4H3. The Morgan fingerprint density at radius 3 is 2.80 bits per heavy atom. The van der Waals surface area contributed by atoms with Crippen LogP contribution in [-0.4, -0.2) is 36.2 Å². The van der Waals surface area contributed by atoms with Crippen LogP contribution in [0.25, 0.3) is 0 Å². The smallest absolute Gasteiger partial charge is 0.0675 e. The van der Waals surface area contributed by atoms with Crippen LogP contribution in [0.5, 0.6) is 0 Å². The Balaban J connectivity index is 2.31. The minimum atomic E-state index is 0.108. The van der Waals surface area contributed by atoms with Crippen molar-refractivity contribution in [3.05, 3.63) is 35.4 Å². The average molecular weight is 276 g/mol. The van der Waals surface area contributed by atoms with Crippen LogP contribution in [0.1, 0.15) is 44.4 Å². The number of benzene rings is 1. The Morgan fingerprint density at radius 1 is 1.45 bits per heavy atom. The van der Waals surface area contributed by atoms with E-state index in [0.29, 0.717) is 6.04 Å². The fourth-order valence-corrected chi connectivity index (χ4v) is 3.21. The van der Waals surface area contributed by atoms with E-state index in [1.54, 1.807) is 0 Å². The molecule has 4 atom stereocenters. The van der Waals surface area contributed by atoms with Crippen LogP contribution < -0.4 is 5.73 Å². The lowest BCUT2D eigenvalue weighted by Crippen LogP contribution is -2.53. The molecule has 0 saturated carbocycles. The zero-order valence-electron chi connectivity index (χ0n) is 13.2. The van der Waals surface area contributed by atoms with Gasteiger partial charge in [0.25, 0.3) is 0 Å². The second-order valence-electron chi connectivity index (χ2n) is 6.12. The fourth-order valence-electron chi connectivity index (χ4n) is 3.21. The number of nitrogens with two attached hydrogens (primary N) is 1. The van der Waals surface area contributed by atoms with Crippen molar-refractivity contribution < 1.29 is 4.74 Å². The van der Waals surface area contributed by atoms with Gasteiger partial charge in [-0.05, 0) is 32.8 Å². The topological polar surface area (TPSA) is 38.5 Å². The summed E-state index contributed by atoms with van der Waals surface area (Å²) >= 11 is 0. The van der Waals surface area contributed by atoms with Gasteiger partial charge >= 0.3 is 0 Å². The molecule has 20 heavy (non-hydrogen) atoms. The van der Waals surface area contributed by atoms with E-state index >= 15 is 0 Å². The van der Waals surface area contributed by atoms with Crippen molar-refractivity contribution in [1.29, 1.82) is 0 Å². The number of rotatable bonds is 4. The molecule has 4 unspecified atom stereocenters. The third kappa shape index (κ3) is 3.40. The molecule has 3 nitrogen and oxygen atoms in total. The maximum absolute atomic E-state index is 6.33. The van der Waals surface area contributed by atoms with Crippen molar-refractivity contribution in [2.24, 2.45) is 5.73 Å². The minimum Gasteiger partial charge on any atom is -0.376 e. The van der Waals surface area contributed by atoms with Crippen LogP contribution in [0.15, 0.2) is 24.3 Å². The summed E-state index contributed by atoms with van der Waals surface area (Å²) in [4.78, 5) is 2.55. The van der Waals surface area contributed by atoms with E-state index in [0.717, 1.165) is 19.6 Å². The Labute approximate surface area is 123 Å². The quantitative estimate of drug-likeness (QED) is 0.919. The van der Waals surface area contributed by atoms with Gasteiger partial charge in [-0.15, -0.1) is 0 Å². The van der Waals surface area contributed by atoms with Crippen LogP contribution in [0.3, 0.4) is 0 Å². The van der Waals surface area contributed by atoms with Crippen molar-refractivity contribution in [2.45, 2.75) is 58.3 Å². The molecule has 1 aromatic rings. The second kappa shape index (κ2) is 6.70. The predicted molar refractivity (Wildman–Crippen MR) is 83.8 cm³/mol. The lowest BCUT2D eigenvalue weighted by molar-refractivity contribution is -0.0762. The zero-order valence-corrected chi connectivity index (χ0v) is 13.2. The molecule has 0 radical (unpaired) electrons. The largest absolute Gasteiger partial charge is 0.376 e. The van der Waals surface area contributed by atoms with Crippen LogP contribution >= 0.6 is 0 Å². The van der Waals surface area contributed by atoms with E-state index in [1.807, 2.05) is 0 Å². The van der Waals surface area contributed by atoms with Crippen molar-refractivity contribution >= 4 is 0 Å². The monoisotopic (exact) mass is 276 g/mol. The lowest BCUT2D eigenvalue weighted by atomic mass is 9.94. The Hall–Kier alpha value is -0.900. The minimum absolute atomic E-state index is 0.108. The number of nitrogens with zero attached hydrogens (tertiary/aromatic N) is 1. The lowest BCUT2D eigenvalue weighted by Gasteiger charge is -2.44. The fraction of sp³-hybridized carbons (Fsp3) is 0.647. The molecule has 2 rings (SSSR count). The highest BCUT2D eigenvalue weighted by atomic mass is 16.5. The summed E-state index contributed by atoms with van der Waals surface area (Å²) in [6, 6.07) is 9.57. The molecule has 1 saturated heterocycles. The molecule has 0 aromatic heterocycles. The predicted octanol–water partition coefficient (Wildman–Crippen LogP) is 2.88. The molecular weight excluding hydrogens is 248 g/mol. The van der Waals surface area contributed by atoms with E-state index in [4.69, 9.17) is 10.5 Å². The number of hydrogen-bond donors (Lipinski definition) is 1. The van der Waals surface area contributed by atoms with Gasteiger partial charge in [-0.1, -0.05) is 36.8 Å². The molecule has 2 N–H and O–H groups in total. The first-order chi connectivity index (χ1) is 9.52. The van der Waals surface area contributed by atoms with Crippen molar-refractivity contribution in [1.82, 2.24) is 4.90 Å². The zero-order chi connectivity index (χ0) is 14.7. The third-order valence-corrected chi connectivity index (χ3v) is 4.22. The summed E-state index contributed by atoms with van der Waals surface area (Å²) in [6.07, 6.45) is 1.38. The molecule has 3 heteroatoms. The van der Waals surface area contributed by atoms with Crippen LogP contribution in [-0.2, 0) is 4.74 Å². The molecule has 112 valence electrons. The maximum atomic E-state index is 6.33. The van der Waals surface area contributed by atoms with Crippen LogP contribution in [0, 0.1) is 6.92 Å². The Bertz CT molecular complexity index is 433. The number of aryl methyl sites for hydroxylation is 1. The van der Waals surface area contributed by atoms with Gasteiger partial charge < -0.3 is 10.5 Å². The van der Waals surface area contributed by atoms with E-state index < -0.39 is 0 Å². The van der Waals surface area contributed by atoms with Crippen molar-refractivity contribution in [2.75, 3.05) is 13.2 Å². The average Bonchev–Trinajstić information content (AvgIpc) is 2.39. The highest BCUT2D eigenvalue weighted by molar-refractivity contribution is 5.26. The maximum Gasteiger partial charge on any atom is 0.0675 e. The highest BCUT2D eigenvalue weighted by Crippen LogP contribution is 2.30. The van der Waals surface area contributed by atoms with E-state index in [2.05, 4.69) is 56.9 Å². The van der Waals surface area contributed by atoms with Crippen LogP contribution in [0.4, 0.5) is 0 Å². The number of hydrogen-bond acceptors (Lipinski definition) is 3. The van der Waals surface area contributed by atoms with E-state index in [1.165, 1.54) is 11.1 Å². The SMILES string of the molecule is CCC1COC(C)CN1C(c1cccc(C)c1)C(C)N.